The number of ether oxygens (including phenoxy) is 1. The summed E-state index contributed by atoms with van der Waals surface area (Å²) < 4.78 is 47.9. The van der Waals surface area contributed by atoms with E-state index in [1.54, 1.807) is 24.4 Å². The van der Waals surface area contributed by atoms with Gasteiger partial charge in [-0.15, -0.1) is 0 Å². The lowest BCUT2D eigenvalue weighted by Crippen LogP contribution is -2.55. The molecule has 176 valence electrons. The van der Waals surface area contributed by atoms with Crippen LogP contribution < -0.4 is 15.0 Å². The van der Waals surface area contributed by atoms with Crippen LogP contribution in [-0.4, -0.2) is 51.1 Å². The third-order valence-corrected chi connectivity index (χ3v) is 7.10. The Kier molecular flexibility index (Phi) is 4.13. The van der Waals surface area contributed by atoms with Crippen LogP contribution in [0.5, 0.6) is 5.88 Å². The van der Waals surface area contributed by atoms with E-state index in [0.717, 1.165) is 5.52 Å². The number of H-pyrrole nitrogens is 1. The maximum absolute atomic E-state index is 14.9. The molecular formula is C23H20F3N5O3. The number of carbonyl (C=O) groups excluding carboxylic acids is 2. The molecule has 3 aromatic rings. The van der Waals surface area contributed by atoms with Crippen molar-refractivity contribution in [2.45, 2.75) is 49.2 Å². The summed E-state index contributed by atoms with van der Waals surface area (Å²) in [4.78, 5) is 31.5. The second kappa shape index (κ2) is 6.71. The van der Waals surface area contributed by atoms with E-state index in [-0.39, 0.29) is 30.2 Å². The van der Waals surface area contributed by atoms with Gasteiger partial charge in [-0.05, 0) is 25.1 Å². The first-order chi connectivity index (χ1) is 16.1. The Balaban J connectivity index is 1.22. The van der Waals surface area contributed by atoms with Gasteiger partial charge in [0.15, 0.2) is 0 Å². The predicted molar refractivity (Wildman–Crippen MR) is 114 cm³/mol. The van der Waals surface area contributed by atoms with Crippen LogP contribution in [0.15, 0.2) is 36.5 Å². The molecule has 8 nitrogen and oxygen atoms in total. The minimum absolute atomic E-state index is 0.207. The summed E-state index contributed by atoms with van der Waals surface area (Å²) in [5.74, 6) is -4.32. The lowest BCUT2D eigenvalue weighted by atomic mass is 9.63. The Labute approximate surface area is 191 Å². The van der Waals surface area contributed by atoms with Crippen molar-refractivity contribution in [3.63, 3.8) is 0 Å². The van der Waals surface area contributed by atoms with Crippen molar-refractivity contribution >= 4 is 28.5 Å². The maximum Gasteiger partial charge on any atom is 0.273 e. The second-order valence-corrected chi connectivity index (χ2v) is 9.47. The van der Waals surface area contributed by atoms with Gasteiger partial charge in [0.1, 0.15) is 29.5 Å². The summed E-state index contributed by atoms with van der Waals surface area (Å²) in [6.45, 7) is 0.793. The zero-order chi connectivity index (χ0) is 23.9. The Hall–Kier alpha value is -3.63. The number of hydrogen-bond donors (Lipinski definition) is 2. The number of aromatic amines is 1. The van der Waals surface area contributed by atoms with Crippen molar-refractivity contribution in [3.05, 3.63) is 47.9 Å². The molecule has 34 heavy (non-hydrogen) atoms. The van der Waals surface area contributed by atoms with E-state index in [1.165, 1.54) is 24.0 Å². The molecule has 0 bridgehead atoms. The number of pyridine rings is 1. The molecule has 1 spiro atoms. The van der Waals surface area contributed by atoms with Crippen molar-refractivity contribution in [1.82, 2.24) is 20.5 Å². The molecule has 2 saturated carbocycles. The molecule has 6 rings (SSSR count). The molecule has 0 radical (unpaired) electrons. The number of nitrogens with zero attached hydrogens (tertiary/aromatic N) is 3. The van der Waals surface area contributed by atoms with Gasteiger partial charge in [0, 0.05) is 30.9 Å². The van der Waals surface area contributed by atoms with Crippen molar-refractivity contribution in [2.75, 3.05) is 11.4 Å². The van der Waals surface area contributed by atoms with Crippen molar-refractivity contribution < 1.29 is 27.5 Å². The van der Waals surface area contributed by atoms with E-state index < -0.39 is 47.5 Å². The van der Waals surface area contributed by atoms with Gasteiger partial charge in [0.2, 0.25) is 17.7 Å². The van der Waals surface area contributed by atoms with E-state index >= 15 is 0 Å². The molecule has 1 aromatic carbocycles. The van der Waals surface area contributed by atoms with Crippen LogP contribution >= 0.6 is 0 Å². The van der Waals surface area contributed by atoms with Crippen LogP contribution in [0.3, 0.4) is 0 Å². The number of amides is 2. The van der Waals surface area contributed by atoms with Crippen LogP contribution in [0, 0.1) is 5.82 Å². The first-order valence-corrected chi connectivity index (χ1v) is 10.9. The topological polar surface area (TPSA) is 100 Å². The second-order valence-electron chi connectivity index (χ2n) is 9.47. The van der Waals surface area contributed by atoms with Crippen molar-refractivity contribution in [1.29, 1.82) is 0 Å². The number of hydrogen-bond acceptors (Lipinski definition) is 5. The Morgan fingerprint density at radius 3 is 2.79 bits per heavy atom. The average Bonchev–Trinajstić information content (AvgIpc) is 3.07. The van der Waals surface area contributed by atoms with E-state index in [4.69, 9.17) is 4.74 Å². The van der Waals surface area contributed by atoms with E-state index in [9.17, 15) is 22.8 Å². The van der Waals surface area contributed by atoms with Gasteiger partial charge >= 0.3 is 0 Å². The van der Waals surface area contributed by atoms with E-state index in [1.807, 2.05) is 0 Å². The number of fused-ring (bicyclic) bond motifs is 3. The fraction of sp³-hybridized carbons (Fsp3) is 0.391. The molecule has 2 amide bonds. The number of aromatic nitrogens is 3. The summed E-state index contributed by atoms with van der Waals surface area (Å²) in [6.07, 6.45) is 1.15. The highest BCUT2D eigenvalue weighted by atomic mass is 19.3. The maximum atomic E-state index is 14.9. The number of rotatable bonds is 5. The lowest BCUT2D eigenvalue weighted by molar-refractivity contribution is -0.132. The number of halogens is 3. The molecule has 2 aliphatic carbocycles. The molecule has 11 heteroatoms. The van der Waals surface area contributed by atoms with Gasteiger partial charge in [-0.1, -0.05) is 6.07 Å². The minimum atomic E-state index is -2.98. The minimum Gasteiger partial charge on any atom is -0.474 e. The monoisotopic (exact) mass is 471 g/mol. The highest BCUT2D eigenvalue weighted by molar-refractivity contribution is 6.11. The predicted octanol–water partition coefficient (Wildman–Crippen LogP) is 2.84. The van der Waals surface area contributed by atoms with Gasteiger partial charge in [0.05, 0.1) is 22.8 Å². The molecule has 0 saturated heterocycles. The number of carbonyl (C=O) groups is 2. The number of anilines is 1. The van der Waals surface area contributed by atoms with Crippen molar-refractivity contribution in [3.8, 4) is 5.88 Å². The molecule has 3 heterocycles. The van der Waals surface area contributed by atoms with Gasteiger partial charge < -0.3 is 15.0 Å². The number of alkyl halides is 2. The molecule has 1 atom stereocenters. The highest BCUT2D eigenvalue weighted by Crippen LogP contribution is 2.55. The van der Waals surface area contributed by atoms with Crippen LogP contribution in [-0.2, 0) is 15.0 Å². The lowest BCUT2D eigenvalue weighted by Gasteiger charge is -2.43. The summed E-state index contributed by atoms with van der Waals surface area (Å²) in [7, 11) is 0. The molecular weight excluding hydrogens is 451 g/mol. The summed E-state index contributed by atoms with van der Waals surface area (Å²) >= 11 is 0. The first kappa shape index (κ1) is 20.9. The standard InChI is InChI=1S/C23H20F3N5O3/c1-21(11-23(21,25)26)29-17(32)10-31-16-4-2-3-13(24)19(16)22(20(31)33)7-12(8-22)34-18-6-5-14-15(28-18)9-27-30-14/h2-6,9,12H,7-8,10-11H2,1H3,(H,27,30)(H,29,32). The number of benzene rings is 1. The van der Waals surface area contributed by atoms with Gasteiger partial charge in [-0.2, -0.15) is 5.10 Å². The molecule has 2 N–H and O–H groups in total. The molecule has 1 unspecified atom stereocenters. The molecule has 2 aromatic heterocycles. The highest BCUT2D eigenvalue weighted by Gasteiger charge is 2.69. The Bertz CT molecular complexity index is 1350. The zero-order valence-electron chi connectivity index (χ0n) is 18.1. The number of nitrogens with one attached hydrogen (secondary N) is 2. The van der Waals surface area contributed by atoms with Crippen LogP contribution in [0.1, 0.15) is 31.7 Å². The third-order valence-electron chi connectivity index (χ3n) is 7.10. The fourth-order valence-corrected chi connectivity index (χ4v) is 5.10. The fourth-order valence-electron chi connectivity index (χ4n) is 5.10. The molecule has 3 aliphatic rings. The smallest absolute Gasteiger partial charge is 0.273 e. The largest absolute Gasteiger partial charge is 0.474 e. The molecule has 2 fully saturated rings. The molecule has 1 aliphatic heterocycles. The SMILES string of the molecule is CC1(NC(=O)CN2C(=O)C3(CC(Oc4ccc5[nH]ncc5n4)C3)c3c(F)cccc32)CC1(F)F. The van der Waals surface area contributed by atoms with Crippen LogP contribution in [0.2, 0.25) is 0 Å². The van der Waals surface area contributed by atoms with Crippen molar-refractivity contribution in [2.24, 2.45) is 0 Å². The van der Waals surface area contributed by atoms with Gasteiger partial charge in [0.25, 0.3) is 5.92 Å². The van der Waals surface area contributed by atoms with E-state index in [2.05, 4.69) is 20.5 Å². The van der Waals surface area contributed by atoms with Gasteiger partial charge in [-0.3, -0.25) is 14.7 Å². The quantitative estimate of drug-likeness (QED) is 0.596. The summed E-state index contributed by atoms with van der Waals surface area (Å²) in [6, 6.07) is 7.75. The first-order valence-electron chi connectivity index (χ1n) is 10.9. The summed E-state index contributed by atoms with van der Waals surface area (Å²) in [5.41, 5.74) is -0.900. The van der Waals surface area contributed by atoms with Gasteiger partial charge in [-0.25, -0.2) is 18.2 Å². The summed E-state index contributed by atoms with van der Waals surface area (Å²) in [5, 5.41) is 9.03. The normalized spacial score (nSPS) is 28.6. The average molecular weight is 471 g/mol. The zero-order valence-corrected chi connectivity index (χ0v) is 18.1. The van der Waals surface area contributed by atoms with E-state index in [0.29, 0.717) is 11.4 Å². The Morgan fingerprint density at radius 1 is 1.29 bits per heavy atom. The Morgan fingerprint density at radius 2 is 2.06 bits per heavy atom. The third kappa shape index (κ3) is 2.92. The van der Waals surface area contributed by atoms with Crippen LogP contribution in [0.4, 0.5) is 18.9 Å². The van der Waals surface area contributed by atoms with Crippen LogP contribution in [0.25, 0.3) is 11.0 Å².